The summed E-state index contributed by atoms with van der Waals surface area (Å²) in [4.78, 5) is 7.97. The Bertz CT molecular complexity index is 309. The van der Waals surface area contributed by atoms with Gasteiger partial charge in [-0.3, -0.25) is 0 Å². The zero-order valence-electron chi connectivity index (χ0n) is 9.04. The Morgan fingerprint density at radius 3 is 2.53 bits per heavy atom. The molecular formula is C10H15ClIN3. The number of alkyl halides is 1. The smallest absolute Gasteiger partial charge is 0.224 e. The molecule has 1 aromatic heterocycles. The molecule has 0 aliphatic rings. The van der Waals surface area contributed by atoms with Gasteiger partial charge in [0.25, 0.3) is 0 Å². The van der Waals surface area contributed by atoms with Crippen molar-refractivity contribution < 1.29 is 0 Å². The van der Waals surface area contributed by atoms with E-state index in [-0.39, 0.29) is 5.28 Å². The number of hydrogen-bond acceptors (Lipinski definition) is 3. The summed E-state index contributed by atoms with van der Waals surface area (Å²) >= 11 is 8.14. The molecule has 1 aromatic rings. The molecule has 1 N–H and O–H groups in total. The molecule has 0 fully saturated rings. The fraction of sp³-hybridized carbons (Fsp3) is 0.600. The molecule has 0 aromatic carbocycles. The van der Waals surface area contributed by atoms with Crippen molar-refractivity contribution in [1.29, 1.82) is 0 Å². The summed E-state index contributed by atoms with van der Waals surface area (Å²) in [7, 11) is 0. The second-order valence-corrected chi connectivity index (χ2v) is 6.11. The van der Waals surface area contributed by atoms with Gasteiger partial charge in [-0.15, -0.1) is 0 Å². The minimum Gasteiger partial charge on any atom is -0.366 e. The van der Waals surface area contributed by atoms with Crippen molar-refractivity contribution in [3.8, 4) is 0 Å². The number of hydrogen-bond donors (Lipinski definition) is 1. The van der Waals surface area contributed by atoms with Crippen molar-refractivity contribution in [3.05, 3.63) is 17.5 Å². The Kier molecular flexibility index (Phi) is 5.05. The predicted octanol–water partition coefficient (Wildman–Crippen LogP) is 3.39. The lowest BCUT2D eigenvalue weighted by Crippen LogP contribution is -2.33. The lowest BCUT2D eigenvalue weighted by Gasteiger charge is -2.25. The van der Waals surface area contributed by atoms with Crippen LogP contribution in [0.2, 0.25) is 5.28 Å². The van der Waals surface area contributed by atoms with Crippen LogP contribution in [0.3, 0.4) is 0 Å². The maximum Gasteiger partial charge on any atom is 0.224 e. The number of aromatic nitrogens is 2. The lowest BCUT2D eigenvalue weighted by molar-refractivity contribution is 0.527. The fourth-order valence-corrected chi connectivity index (χ4v) is 2.56. The summed E-state index contributed by atoms with van der Waals surface area (Å²) in [5.74, 6) is 1.34. The summed E-state index contributed by atoms with van der Waals surface area (Å²) in [6, 6.07) is 2.22. The van der Waals surface area contributed by atoms with Crippen LogP contribution in [0.5, 0.6) is 0 Å². The van der Waals surface area contributed by atoms with Gasteiger partial charge >= 0.3 is 0 Å². The van der Waals surface area contributed by atoms with Crippen molar-refractivity contribution >= 4 is 40.0 Å². The van der Waals surface area contributed by atoms with E-state index >= 15 is 0 Å². The Labute approximate surface area is 109 Å². The summed E-state index contributed by atoms with van der Waals surface area (Å²) in [6.45, 7) is 6.56. The topological polar surface area (TPSA) is 37.8 Å². The number of nitrogens with zero attached hydrogens (tertiary/aromatic N) is 2. The summed E-state index contributed by atoms with van der Waals surface area (Å²) in [5, 5.41) is 3.66. The molecule has 3 nitrogen and oxygen atoms in total. The molecule has 0 radical (unpaired) electrons. The van der Waals surface area contributed by atoms with Gasteiger partial charge in [0, 0.05) is 16.2 Å². The molecule has 0 bridgehead atoms. The largest absolute Gasteiger partial charge is 0.366 e. The first-order valence-corrected chi connectivity index (χ1v) is 6.52. The van der Waals surface area contributed by atoms with Gasteiger partial charge in [-0.25, -0.2) is 9.97 Å². The number of nitrogens with one attached hydrogen (secondary N) is 1. The van der Waals surface area contributed by atoms with E-state index in [1.54, 1.807) is 6.20 Å². The van der Waals surface area contributed by atoms with E-state index in [4.69, 9.17) is 11.6 Å². The summed E-state index contributed by atoms with van der Waals surface area (Å²) in [6.07, 6.45) is 1.66. The highest BCUT2D eigenvalue weighted by atomic mass is 127. The van der Waals surface area contributed by atoms with Crippen LogP contribution in [0, 0.1) is 5.92 Å². The minimum absolute atomic E-state index is 0.281. The van der Waals surface area contributed by atoms with Crippen LogP contribution in [-0.4, -0.2) is 19.9 Å². The van der Waals surface area contributed by atoms with Crippen LogP contribution in [0.15, 0.2) is 12.3 Å². The maximum absolute atomic E-state index is 5.72. The second kappa shape index (κ2) is 5.84. The Hall–Kier alpha value is -0.100. The van der Waals surface area contributed by atoms with Gasteiger partial charge in [-0.05, 0) is 23.6 Å². The van der Waals surface area contributed by atoms with Gasteiger partial charge in [0.2, 0.25) is 5.28 Å². The summed E-state index contributed by atoms with van der Waals surface area (Å²) in [5.41, 5.74) is 0. The molecule has 0 aliphatic carbocycles. The Balaban J connectivity index is 2.74. The van der Waals surface area contributed by atoms with Crippen molar-refractivity contribution in [2.45, 2.75) is 30.7 Å². The average molecular weight is 340 g/mol. The molecule has 1 heterocycles. The average Bonchev–Trinajstić information content (AvgIpc) is 2.13. The van der Waals surface area contributed by atoms with E-state index in [9.17, 15) is 0 Å². The van der Waals surface area contributed by atoms with Gasteiger partial charge < -0.3 is 5.32 Å². The highest BCUT2D eigenvalue weighted by Gasteiger charge is 2.18. The van der Waals surface area contributed by atoms with Crippen LogP contribution in [0.1, 0.15) is 20.8 Å². The molecular weight excluding hydrogens is 324 g/mol. The third-order valence-corrected chi connectivity index (χ3v) is 3.11. The number of anilines is 1. The third kappa shape index (κ3) is 4.10. The van der Waals surface area contributed by atoms with Crippen LogP contribution < -0.4 is 5.32 Å². The van der Waals surface area contributed by atoms with Gasteiger partial charge in [-0.2, -0.15) is 0 Å². The molecule has 5 heteroatoms. The van der Waals surface area contributed by atoms with E-state index in [2.05, 4.69) is 58.6 Å². The lowest BCUT2D eigenvalue weighted by atomic mass is 10.0. The first kappa shape index (κ1) is 13.0. The van der Waals surface area contributed by atoms with E-state index in [1.165, 1.54) is 0 Å². The van der Waals surface area contributed by atoms with Crippen molar-refractivity contribution in [1.82, 2.24) is 9.97 Å². The van der Waals surface area contributed by atoms with E-state index in [0.29, 0.717) is 15.9 Å². The second-order valence-electron chi connectivity index (χ2n) is 3.80. The van der Waals surface area contributed by atoms with Crippen LogP contribution >= 0.6 is 34.2 Å². The SMILES string of the molecule is CC(C)[C@H](Nc1ccnc(Cl)n1)C(C)I. The number of halogens is 2. The Morgan fingerprint density at radius 1 is 1.40 bits per heavy atom. The van der Waals surface area contributed by atoms with Crippen molar-refractivity contribution in [2.24, 2.45) is 5.92 Å². The Morgan fingerprint density at radius 2 is 2.07 bits per heavy atom. The first-order chi connectivity index (χ1) is 7.00. The zero-order valence-corrected chi connectivity index (χ0v) is 12.0. The first-order valence-electron chi connectivity index (χ1n) is 4.90. The quantitative estimate of drug-likeness (QED) is 0.519. The highest BCUT2D eigenvalue weighted by molar-refractivity contribution is 14.1. The molecule has 0 saturated carbocycles. The zero-order chi connectivity index (χ0) is 11.4. The van der Waals surface area contributed by atoms with Gasteiger partial charge in [0.1, 0.15) is 5.82 Å². The third-order valence-electron chi connectivity index (χ3n) is 2.15. The molecule has 84 valence electrons. The van der Waals surface area contributed by atoms with Crippen LogP contribution in [-0.2, 0) is 0 Å². The maximum atomic E-state index is 5.72. The van der Waals surface area contributed by atoms with Crippen LogP contribution in [0.4, 0.5) is 5.82 Å². The standard InChI is InChI=1S/C10H15ClIN3/c1-6(2)9(7(3)12)14-8-4-5-13-10(11)15-8/h4-7,9H,1-3H3,(H,13,14,15)/t7?,9-/m0/s1. The minimum atomic E-state index is 0.281. The van der Waals surface area contributed by atoms with E-state index in [1.807, 2.05) is 6.07 Å². The van der Waals surface area contributed by atoms with Gasteiger partial charge in [0.15, 0.2) is 0 Å². The molecule has 1 rings (SSSR count). The van der Waals surface area contributed by atoms with Crippen LogP contribution in [0.25, 0.3) is 0 Å². The molecule has 2 atom stereocenters. The summed E-state index contributed by atoms with van der Waals surface area (Å²) < 4.78 is 0.524. The van der Waals surface area contributed by atoms with Gasteiger partial charge in [-0.1, -0.05) is 43.4 Å². The van der Waals surface area contributed by atoms with Crippen molar-refractivity contribution in [3.63, 3.8) is 0 Å². The molecule has 0 aliphatic heterocycles. The highest BCUT2D eigenvalue weighted by Crippen LogP contribution is 2.18. The molecule has 0 amide bonds. The molecule has 1 unspecified atom stereocenters. The monoisotopic (exact) mass is 339 g/mol. The van der Waals surface area contributed by atoms with E-state index in [0.717, 1.165) is 5.82 Å². The molecule has 0 saturated heterocycles. The van der Waals surface area contributed by atoms with Crippen molar-refractivity contribution in [2.75, 3.05) is 5.32 Å². The fourth-order valence-electron chi connectivity index (χ4n) is 1.40. The predicted molar refractivity (Wildman–Crippen MR) is 72.8 cm³/mol. The molecule has 0 spiro atoms. The normalized spacial score (nSPS) is 15.1. The molecule has 15 heavy (non-hydrogen) atoms. The number of rotatable bonds is 4. The van der Waals surface area contributed by atoms with E-state index < -0.39 is 0 Å². The van der Waals surface area contributed by atoms with Gasteiger partial charge in [0.05, 0.1) is 0 Å².